The average Bonchev–Trinajstić information content (AvgIpc) is 2.69. The molecular weight excluding hydrogens is 270 g/mol. The normalized spacial score (nSPS) is 23.9. The van der Waals surface area contributed by atoms with Crippen molar-refractivity contribution in [1.29, 1.82) is 0 Å². The Bertz CT molecular complexity index is 442. The summed E-state index contributed by atoms with van der Waals surface area (Å²) in [6.07, 6.45) is 5.61. The molecule has 0 aromatic heterocycles. The molecule has 1 rings (SSSR count). The Hall–Kier alpha value is -1.49. The number of amides is 2. The summed E-state index contributed by atoms with van der Waals surface area (Å²) in [5, 5.41) is 10.1. The third kappa shape index (κ3) is 4.00. The zero-order valence-electron chi connectivity index (χ0n) is 13.1. The maximum absolute atomic E-state index is 12.2. The minimum atomic E-state index is -1.20. The molecule has 1 heterocycles. The van der Waals surface area contributed by atoms with Gasteiger partial charge < -0.3 is 5.11 Å². The SMILES string of the molecule is CC=C1C(O)C(C(=O)CCCCCCC)C(=O)N1C(C)=O. The number of unbranched alkanes of at least 4 members (excludes halogenated alkanes) is 4. The number of imide groups is 1. The highest BCUT2D eigenvalue weighted by molar-refractivity contribution is 6.11. The van der Waals surface area contributed by atoms with Crippen molar-refractivity contribution in [3.63, 3.8) is 0 Å². The summed E-state index contributed by atoms with van der Waals surface area (Å²) >= 11 is 0. The van der Waals surface area contributed by atoms with Gasteiger partial charge in [0.25, 0.3) is 0 Å². The fraction of sp³-hybridized carbons (Fsp3) is 0.688. The molecule has 118 valence electrons. The van der Waals surface area contributed by atoms with E-state index in [2.05, 4.69) is 6.92 Å². The Kier molecular flexibility index (Phi) is 6.75. The van der Waals surface area contributed by atoms with E-state index in [0.29, 0.717) is 0 Å². The van der Waals surface area contributed by atoms with Crippen molar-refractivity contribution in [3.8, 4) is 0 Å². The summed E-state index contributed by atoms with van der Waals surface area (Å²) in [5.74, 6) is -2.45. The molecule has 1 aliphatic rings. The highest BCUT2D eigenvalue weighted by Gasteiger charge is 2.48. The minimum Gasteiger partial charge on any atom is -0.386 e. The Morgan fingerprint density at radius 1 is 1.24 bits per heavy atom. The van der Waals surface area contributed by atoms with Gasteiger partial charge in [0, 0.05) is 13.3 Å². The van der Waals surface area contributed by atoms with Crippen LogP contribution in [0.25, 0.3) is 0 Å². The van der Waals surface area contributed by atoms with Gasteiger partial charge in [-0.25, -0.2) is 0 Å². The van der Waals surface area contributed by atoms with Crippen LogP contribution in [-0.4, -0.2) is 33.7 Å². The fourth-order valence-corrected chi connectivity index (χ4v) is 2.71. The molecule has 0 aromatic carbocycles. The number of aliphatic hydroxyl groups is 1. The predicted molar refractivity (Wildman–Crippen MR) is 79.2 cm³/mol. The first-order valence-electron chi connectivity index (χ1n) is 7.67. The van der Waals surface area contributed by atoms with Crippen molar-refractivity contribution in [1.82, 2.24) is 4.90 Å². The van der Waals surface area contributed by atoms with E-state index in [1.165, 1.54) is 13.0 Å². The van der Waals surface area contributed by atoms with Gasteiger partial charge in [-0.2, -0.15) is 0 Å². The van der Waals surface area contributed by atoms with E-state index >= 15 is 0 Å². The van der Waals surface area contributed by atoms with Gasteiger partial charge in [0.15, 0.2) is 0 Å². The van der Waals surface area contributed by atoms with Crippen LogP contribution >= 0.6 is 0 Å². The number of carbonyl (C=O) groups excluding carboxylic acids is 3. The van der Waals surface area contributed by atoms with Crippen LogP contribution in [-0.2, 0) is 14.4 Å². The third-order valence-electron chi connectivity index (χ3n) is 3.85. The maximum atomic E-state index is 12.2. The van der Waals surface area contributed by atoms with Crippen LogP contribution in [0.15, 0.2) is 11.8 Å². The van der Waals surface area contributed by atoms with E-state index < -0.39 is 23.8 Å². The zero-order chi connectivity index (χ0) is 16.0. The van der Waals surface area contributed by atoms with E-state index in [0.717, 1.165) is 37.0 Å². The molecule has 5 nitrogen and oxygen atoms in total. The summed E-state index contributed by atoms with van der Waals surface area (Å²) in [5.41, 5.74) is 0.219. The second-order valence-corrected chi connectivity index (χ2v) is 5.46. The van der Waals surface area contributed by atoms with Gasteiger partial charge in [0.2, 0.25) is 11.8 Å². The third-order valence-corrected chi connectivity index (χ3v) is 3.85. The Morgan fingerprint density at radius 3 is 2.33 bits per heavy atom. The van der Waals surface area contributed by atoms with E-state index in [-0.39, 0.29) is 17.9 Å². The summed E-state index contributed by atoms with van der Waals surface area (Å²) in [6, 6.07) is 0. The lowest BCUT2D eigenvalue weighted by Gasteiger charge is -2.13. The van der Waals surface area contributed by atoms with Crippen molar-refractivity contribution in [2.45, 2.75) is 65.4 Å². The number of carbonyl (C=O) groups is 3. The average molecular weight is 295 g/mol. The number of nitrogens with zero attached hydrogens (tertiary/aromatic N) is 1. The first-order valence-corrected chi connectivity index (χ1v) is 7.67. The van der Waals surface area contributed by atoms with Gasteiger partial charge in [-0.1, -0.05) is 38.7 Å². The van der Waals surface area contributed by atoms with Crippen LogP contribution in [0, 0.1) is 5.92 Å². The molecule has 0 aromatic rings. The molecule has 0 radical (unpaired) electrons. The van der Waals surface area contributed by atoms with Crippen molar-refractivity contribution in [2.75, 3.05) is 0 Å². The number of likely N-dealkylation sites (tertiary alicyclic amines) is 1. The van der Waals surface area contributed by atoms with Crippen molar-refractivity contribution >= 4 is 17.6 Å². The fourth-order valence-electron chi connectivity index (χ4n) is 2.71. The summed E-state index contributed by atoms with van der Waals surface area (Å²) in [6.45, 7) is 5.01. The monoisotopic (exact) mass is 295 g/mol. The van der Waals surface area contributed by atoms with Crippen LogP contribution in [0.1, 0.15) is 59.3 Å². The first kappa shape index (κ1) is 17.6. The van der Waals surface area contributed by atoms with E-state index in [1.807, 2.05) is 0 Å². The van der Waals surface area contributed by atoms with E-state index in [1.54, 1.807) is 6.92 Å². The van der Waals surface area contributed by atoms with Crippen molar-refractivity contribution < 1.29 is 19.5 Å². The summed E-state index contributed by atoms with van der Waals surface area (Å²) < 4.78 is 0. The topological polar surface area (TPSA) is 74.7 Å². The number of hydrogen-bond acceptors (Lipinski definition) is 4. The standard InChI is InChI=1S/C16H25NO4/c1-4-6-7-8-9-10-13(19)14-15(20)12(5-2)17(11(3)18)16(14)21/h5,14-15,20H,4,6-10H2,1-3H3. The number of hydrogen-bond donors (Lipinski definition) is 1. The molecule has 1 aliphatic heterocycles. The van der Waals surface area contributed by atoms with Gasteiger partial charge in [0.05, 0.1) is 5.70 Å². The Balaban J connectivity index is 2.67. The van der Waals surface area contributed by atoms with Gasteiger partial charge in [-0.15, -0.1) is 0 Å². The smallest absolute Gasteiger partial charge is 0.247 e. The molecular formula is C16H25NO4. The number of allylic oxidation sites excluding steroid dienone is 1. The highest BCUT2D eigenvalue weighted by Crippen LogP contribution is 2.30. The Labute approximate surface area is 126 Å². The van der Waals surface area contributed by atoms with Crippen LogP contribution in [0.5, 0.6) is 0 Å². The number of rotatable bonds is 7. The molecule has 1 N–H and O–H groups in total. The van der Waals surface area contributed by atoms with Gasteiger partial charge in [0.1, 0.15) is 17.8 Å². The number of Topliss-reactive ketones (excluding diaryl/α,β-unsaturated/α-hetero) is 1. The molecule has 21 heavy (non-hydrogen) atoms. The first-order chi connectivity index (χ1) is 9.95. The lowest BCUT2D eigenvalue weighted by molar-refractivity contribution is -0.143. The van der Waals surface area contributed by atoms with Crippen LogP contribution in [0.2, 0.25) is 0 Å². The maximum Gasteiger partial charge on any atom is 0.247 e. The zero-order valence-corrected chi connectivity index (χ0v) is 13.1. The number of aliphatic hydroxyl groups excluding tert-OH is 1. The van der Waals surface area contributed by atoms with Crippen molar-refractivity contribution in [2.24, 2.45) is 5.92 Å². The van der Waals surface area contributed by atoms with Crippen LogP contribution in [0.3, 0.4) is 0 Å². The molecule has 1 fully saturated rings. The quantitative estimate of drug-likeness (QED) is 0.577. The molecule has 2 atom stereocenters. The molecule has 0 bridgehead atoms. The van der Waals surface area contributed by atoms with Gasteiger partial charge in [-0.3, -0.25) is 19.3 Å². The molecule has 0 spiro atoms. The second-order valence-electron chi connectivity index (χ2n) is 5.46. The van der Waals surface area contributed by atoms with Gasteiger partial charge >= 0.3 is 0 Å². The van der Waals surface area contributed by atoms with Crippen LogP contribution in [0.4, 0.5) is 0 Å². The van der Waals surface area contributed by atoms with Crippen molar-refractivity contribution in [3.05, 3.63) is 11.8 Å². The number of ketones is 1. The minimum absolute atomic E-state index is 0.219. The lowest BCUT2D eigenvalue weighted by Crippen LogP contribution is -2.33. The molecule has 5 heteroatoms. The Morgan fingerprint density at radius 2 is 1.86 bits per heavy atom. The predicted octanol–water partition coefficient (Wildman–Crippen LogP) is 2.19. The highest BCUT2D eigenvalue weighted by atomic mass is 16.3. The van der Waals surface area contributed by atoms with E-state index in [9.17, 15) is 19.5 Å². The molecule has 0 aliphatic carbocycles. The van der Waals surface area contributed by atoms with Gasteiger partial charge in [-0.05, 0) is 13.3 Å². The molecule has 1 saturated heterocycles. The second kappa shape index (κ2) is 8.08. The summed E-state index contributed by atoms with van der Waals surface area (Å²) in [7, 11) is 0. The van der Waals surface area contributed by atoms with E-state index in [4.69, 9.17) is 0 Å². The summed E-state index contributed by atoms with van der Waals surface area (Å²) in [4.78, 5) is 36.8. The molecule has 0 saturated carbocycles. The largest absolute Gasteiger partial charge is 0.386 e. The lowest BCUT2D eigenvalue weighted by atomic mass is 9.94. The molecule has 2 unspecified atom stereocenters. The molecule has 2 amide bonds. The van der Waals surface area contributed by atoms with Crippen LogP contribution < -0.4 is 0 Å².